The zero-order chi connectivity index (χ0) is 20.4. The monoisotopic (exact) mass is 404 g/mol. The van der Waals surface area contributed by atoms with Crippen molar-refractivity contribution in [3.8, 4) is 5.69 Å². The first-order valence-electron chi connectivity index (χ1n) is 9.04. The minimum Gasteiger partial charge on any atom is -0.293 e. The van der Waals surface area contributed by atoms with Crippen LogP contribution in [0.5, 0.6) is 0 Å². The van der Waals surface area contributed by atoms with E-state index in [1.165, 1.54) is 30.0 Å². The molecule has 4 rings (SSSR count). The van der Waals surface area contributed by atoms with Crippen LogP contribution in [0, 0.1) is 12.7 Å². The second kappa shape index (κ2) is 8.01. The van der Waals surface area contributed by atoms with Crippen molar-refractivity contribution < 1.29 is 9.18 Å². The first kappa shape index (κ1) is 19.1. The maximum atomic E-state index is 13.4. The first-order chi connectivity index (χ1) is 14.0. The van der Waals surface area contributed by atoms with E-state index < -0.39 is 5.82 Å². The topological polar surface area (TPSA) is 52.0 Å². The number of Topliss-reactive ketones (excluding diaryl/α,β-unsaturated/α-hetero) is 1. The normalized spacial score (nSPS) is 11.0. The number of rotatable bonds is 5. The van der Waals surface area contributed by atoms with E-state index in [2.05, 4.69) is 4.98 Å². The molecule has 0 saturated carbocycles. The Kier molecular flexibility index (Phi) is 5.27. The molecule has 0 saturated heterocycles. The maximum Gasteiger partial charge on any atom is 0.266 e. The highest BCUT2D eigenvalue weighted by atomic mass is 32.2. The van der Waals surface area contributed by atoms with Gasteiger partial charge >= 0.3 is 0 Å². The Labute approximate surface area is 171 Å². The summed E-state index contributed by atoms with van der Waals surface area (Å²) in [5, 5.41) is 0.935. The van der Waals surface area contributed by atoms with Crippen LogP contribution in [0.1, 0.15) is 15.9 Å². The summed E-state index contributed by atoms with van der Waals surface area (Å²) in [6.45, 7) is 1.92. The highest BCUT2D eigenvalue weighted by Crippen LogP contribution is 2.24. The molecule has 0 unspecified atom stereocenters. The second-order valence-corrected chi connectivity index (χ2v) is 7.50. The van der Waals surface area contributed by atoms with Crippen LogP contribution in [-0.2, 0) is 0 Å². The van der Waals surface area contributed by atoms with Gasteiger partial charge in [-0.2, -0.15) is 0 Å². The summed E-state index contributed by atoms with van der Waals surface area (Å²) in [6, 6.07) is 20.3. The van der Waals surface area contributed by atoms with E-state index in [1.807, 2.05) is 37.3 Å². The standard InChI is InChI=1S/C23H17FN2O2S/c1-15-7-2-5-12-20(15)26-22(28)18-10-3-4-11-19(18)25-23(26)29-14-21(27)16-8-6-9-17(24)13-16/h2-13H,14H2,1H3. The van der Waals surface area contributed by atoms with Gasteiger partial charge in [0.05, 0.1) is 22.3 Å². The number of thioether (sulfide) groups is 1. The molecule has 0 aliphatic carbocycles. The molecule has 0 amide bonds. The summed E-state index contributed by atoms with van der Waals surface area (Å²) in [5.74, 6) is -0.644. The Morgan fingerprint density at radius 1 is 1.03 bits per heavy atom. The van der Waals surface area contributed by atoms with Crippen molar-refractivity contribution in [1.29, 1.82) is 0 Å². The highest BCUT2D eigenvalue weighted by molar-refractivity contribution is 7.99. The molecule has 0 bridgehead atoms. The van der Waals surface area contributed by atoms with Gasteiger partial charge in [0.1, 0.15) is 5.82 Å². The number of ketones is 1. The van der Waals surface area contributed by atoms with Gasteiger partial charge in [-0.05, 0) is 42.8 Å². The van der Waals surface area contributed by atoms with E-state index >= 15 is 0 Å². The van der Waals surface area contributed by atoms with E-state index in [0.29, 0.717) is 21.6 Å². The van der Waals surface area contributed by atoms with Crippen LogP contribution in [-0.4, -0.2) is 21.1 Å². The van der Waals surface area contributed by atoms with Crippen LogP contribution in [0.25, 0.3) is 16.6 Å². The number of carbonyl (C=O) groups excluding carboxylic acids is 1. The zero-order valence-electron chi connectivity index (χ0n) is 15.6. The molecule has 0 aliphatic rings. The number of hydrogen-bond acceptors (Lipinski definition) is 4. The average molecular weight is 404 g/mol. The third kappa shape index (κ3) is 3.84. The minimum atomic E-state index is -0.457. The molecular formula is C23H17FN2O2S. The Morgan fingerprint density at radius 3 is 2.59 bits per heavy atom. The van der Waals surface area contributed by atoms with E-state index in [0.717, 1.165) is 11.3 Å². The molecule has 0 spiro atoms. The number of nitrogens with zero attached hydrogens (tertiary/aromatic N) is 2. The van der Waals surface area contributed by atoms with Crippen molar-refractivity contribution >= 4 is 28.4 Å². The van der Waals surface area contributed by atoms with Crippen molar-refractivity contribution in [2.45, 2.75) is 12.1 Å². The average Bonchev–Trinajstić information content (AvgIpc) is 2.73. The van der Waals surface area contributed by atoms with Gasteiger partial charge in [0.25, 0.3) is 5.56 Å². The molecule has 0 aliphatic heterocycles. The molecular weight excluding hydrogens is 387 g/mol. The van der Waals surface area contributed by atoms with Crippen LogP contribution in [0.15, 0.2) is 82.7 Å². The summed E-state index contributed by atoms with van der Waals surface area (Å²) in [6.07, 6.45) is 0. The maximum absolute atomic E-state index is 13.4. The molecule has 1 aromatic heterocycles. The number of aryl methyl sites for hydroxylation is 1. The van der Waals surface area contributed by atoms with Crippen molar-refractivity contribution in [1.82, 2.24) is 9.55 Å². The molecule has 1 heterocycles. The lowest BCUT2D eigenvalue weighted by molar-refractivity contribution is 0.102. The third-order valence-electron chi connectivity index (χ3n) is 4.58. The minimum absolute atomic E-state index is 0.0418. The van der Waals surface area contributed by atoms with Gasteiger partial charge in [-0.25, -0.2) is 9.37 Å². The van der Waals surface area contributed by atoms with E-state index in [4.69, 9.17) is 0 Å². The number of aromatic nitrogens is 2. The fourth-order valence-corrected chi connectivity index (χ4v) is 4.01. The number of carbonyl (C=O) groups is 1. The number of hydrogen-bond donors (Lipinski definition) is 0. The smallest absolute Gasteiger partial charge is 0.266 e. The zero-order valence-corrected chi connectivity index (χ0v) is 16.4. The Hall–Kier alpha value is -3.25. The summed E-state index contributed by atoms with van der Waals surface area (Å²) in [7, 11) is 0. The van der Waals surface area contributed by atoms with Gasteiger partial charge < -0.3 is 0 Å². The van der Waals surface area contributed by atoms with Crippen molar-refractivity contribution in [3.05, 3.63) is 100 Å². The van der Waals surface area contributed by atoms with Gasteiger partial charge in [-0.15, -0.1) is 0 Å². The van der Waals surface area contributed by atoms with Crippen LogP contribution >= 0.6 is 11.8 Å². The van der Waals surface area contributed by atoms with Crippen LogP contribution < -0.4 is 5.56 Å². The lowest BCUT2D eigenvalue weighted by Gasteiger charge is -2.15. The van der Waals surface area contributed by atoms with E-state index in [-0.39, 0.29) is 17.1 Å². The van der Waals surface area contributed by atoms with Crippen molar-refractivity contribution in [2.24, 2.45) is 0 Å². The van der Waals surface area contributed by atoms with Crippen LogP contribution in [0.3, 0.4) is 0 Å². The summed E-state index contributed by atoms with van der Waals surface area (Å²) >= 11 is 1.17. The number of benzene rings is 3. The van der Waals surface area contributed by atoms with E-state index in [9.17, 15) is 14.0 Å². The third-order valence-corrected chi connectivity index (χ3v) is 5.52. The summed E-state index contributed by atoms with van der Waals surface area (Å²) in [5.41, 5.74) is 2.32. The summed E-state index contributed by atoms with van der Waals surface area (Å²) in [4.78, 5) is 30.4. The first-order valence-corrected chi connectivity index (χ1v) is 10.0. The highest BCUT2D eigenvalue weighted by Gasteiger charge is 2.16. The second-order valence-electron chi connectivity index (χ2n) is 6.56. The largest absolute Gasteiger partial charge is 0.293 e. The Bertz CT molecular complexity index is 1280. The van der Waals surface area contributed by atoms with Gasteiger partial charge in [0.2, 0.25) is 0 Å². The lowest BCUT2D eigenvalue weighted by atomic mass is 10.1. The molecule has 6 heteroatoms. The number of fused-ring (bicyclic) bond motifs is 1. The molecule has 0 fully saturated rings. The molecule has 0 N–H and O–H groups in total. The van der Waals surface area contributed by atoms with Crippen LogP contribution in [0.2, 0.25) is 0 Å². The van der Waals surface area contributed by atoms with Crippen LogP contribution in [0.4, 0.5) is 4.39 Å². The molecule has 0 radical (unpaired) electrons. The fraction of sp³-hybridized carbons (Fsp3) is 0.0870. The van der Waals surface area contributed by atoms with E-state index in [1.54, 1.807) is 28.8 Å². The van der Waals surface area contributed by atoms with Gasteiger partial charge in [0.15, 0.2) is 10.9 Å². The van der Waals surface area contributed by atoms with Gasteiger partial charge in [-0.1, -0.05) is 54.2 Å². The molecule has 4 aromatic rings. The molecule has 4 nitrogen and oxygen atoms in total. The van der Waals surface area contributed by atoms with Gasteiger partial charge in [-0.3, -0.25) is 14.2 Å². The Balaban J connectivity index is 1.79. The predicted octanol–water partition coefficient (Wildman–Crippen LogP) is 4.81. The molecule has 29 heavy (non-hydrogen) atoms. The summed E-state index contributed by atoms with van der Waals surface area (Å²) < 4.78 is 15.0. The molecule has 3 aromatic carbocycles. The molecule has 144 valence electrons. The van der Waals surface area contributed by atoms with Crippen molar-refractivity contribution in [3.63, 3.8) is 0 Å². The fourth-order valence-electron chi connectivity index (χ4n) is 3.11. The molecule has 0 atom stereocenters. The predicted molar refractivity (Wildman–Crippen MR) is 114 cm³/mol. The quantitative estimate of drug-likeness (QED) is 0.272. The number of para-hydroxylation sites is 2. The Morgan fingerprint density at radius 2 is 1.79 bits per heavy atom. The van der Waals surface area contributed by atoms with Gasteiger partial charge in [0, 0.05) is 5.56 Å². The lowest BCUT2D eigenvalue weighted by Crippen LogP contribution is -2.23. The SMILES string of the molecule is Cc1ccccc1-n1c(SCC(=O)c2cccc(F)c2)nc2ccccc2c1=O. The van der Waals surface area contributed by atoms with Crippen molar-refractivity contribution in [2.75, 3.05) is 5.75 Å². The number of halogens is 1.